The van der Waals surface area contributed by atoms with Crippen LogP contribution in [0.3, 0.4) is 0 Å². The zero-order chi connectivity index (χ0) is 19.9. The number of halogens is 3. The van der Waals surface area contributed by atoms with E-state index in [0.717, 1.165) is 37.9 Å². The minimum Gasteiger partial charge on any atom is -0.343 e. The highest BCUT2D eigenvalue weighted by atomic mass is 19.4. The van der Waals surface area contributed by atoms with Crippen LogP contribution in [0.5, 0.6) is 0 Å². The van der Waals surface area contributed by atoms with Crippen molar-refractivity contribution in [3.8, 4) is 0 Å². The number of carbonyl (C=O) groups is 2. The van der Waals surface area contributed by atoms with Gasteiger partial charge in [0.25, 0.3) is 0 Å². The second-order valence-electron chi connectivity index (χ2n) is 6.83. The Bertz CT molecular complexity index is 632. The van der Waals surface area contributed by atoms with Gasteiger partial charge in [0.1, 0.15) is 0 Å². The van der Waals surface area contributed by atoms with Crippen molar-refractivity contribution < 1.29 is 22.8 Å². The van der Waals surface area contributed by atoms with Crippen LogP contribution in [0.4, 0.5) is 18.0 Å². The summed E-state index contributed by atoms with van der Waals surface area (Å²) in [5.74, 6) is 0.179. The number of alkyl halides is 3. The number of nitrogens with zero attached hydrogens (tertiary/aromatic N) is 2. The Labute approximate surface area is 157 Å². The SMILES string of the molecule is CN(Cc1ccc(C(F)(F)F)cc1)C(=O)NCCCN1CCCCCC1=O. The van der Waals surface area contributed by atoms with Crippen molar-refractivity contribution in [1.29, 1.82) is 0 Å². The van der Waals surface area contributed by atoms with Crippen molar-refractivity contribution in [1.82, 2.24) is 15.1 Å². The maximum atomic E-state index is 12.6. The van der Waals surface area contributed by atoms with Crippen LogP contribution in [0.2, 0.25) is 0 Å². The lowest BCUT2D eigenvalue weighted by Crippen LogP contribution is -2.39. The van der Waals surface area contributed by atoms with Gasteiger partial charge < -0.3 is 15.1 Å². The van der Waals surface area contributed by atoms with Crippen LogP contribution < -0.4 is 5.32 Å². The molecule has 0 aromatic heterocycles. The lowest BCUT2D eigenvalue weighted by Gasteiger charge is -2.21. The molecule has 0 atom stereocenters. The van der Waals surface area contributed by atoms with E-state index in [2.05, 4.69) is 5.32 Å². The number of rotatable bonds is 6. The van der Waals surface area contributed by atoms with Gasteiger partial charge in [0.15, 0.2) is 0 Å². The summed E-state index contributed by atoms with van der Waals surface area (Å²) in [6.45, 7) is 2.07. The highest BCUT2D eigenvalue weighted by Crippen LogP contribution is 2.29. The molecule has 0 radical (unpaired) electrons. The smallest absolute Gasteiger partial charge is 0.343 e. The van der Waals surface area contributed by atoms with E-state index in [1.54, 1.807) is 7.05 Å². The number of nitrogens with one attached hydrogen (secondary N) is 1. The highest BCUT2D eigenvalue weighted by Gasteiger charge is 2.30. The normalized spacial score (nSPS) is 15.4. The second-order valence-corrected chi connectivity index (χ2v) is 6.83. The van der Waals surface area contributed by atoms with Gasteiger partial charge in [0, 0.05) is 39.6 Å². The standard InChI is InChI=1S/C19H26F3N3O2/c1-24(14-15-7-9-16(10-8-15)19(20,21)22)18(27)23-11-5-13-25-12-4-2-3-6-17(25)26/h7-10H,2-6,11-14H2,1H3,(H,23,27). The molecule has 27 heavy (non-hydrogen) atoms. The van der Waals surface area contributed by atoms with Crippen molar-refractivity contribution in [2.24, 2.45) is 0 Å². The molecule has 1 heterocycles. The summed E-state index contributed by atoms with van der Waals surface area (Å²) in [7, 11) is 1.59. The quantitative estimate of drug-likeness (QED) is 0.760. The summed E-state index contributed by atoms with van der Waals surface area (Å²) in [6, 6.07) is 4.48. The molecule has 1 aliphatic rings. The zero-order valence-electron chi connectivity index (χ0n) is 15.5. The average Bonchev–Trinajstić information content (AvgIpc) is 2.82. The first-order chi connectivity index (χ1) is 12.8. The zero-order valence-corrected chi connectivity index (χ0v) is 15.5. The Hall–Kier alpha value is -2.25. The van der Waals surface area contributed by atoms with E-state index in [9.17, 15) is 22.8 Å². The third-order valence-corrected chi connectivity index (χ3v) is 4.60. The summed E-state index contributed by atoms with van der Waals surface area (Å²) in [4.78, 5) is 27.3. The third kappa shape index (κ3) is 6.77. The summed E-state index contributed by atoms with van der Waals surface area (Å²) in [5, 5.41) is 2.78. The van der Waals surface area contributed by atoms with Gasteiger partial charge in [-0.2, -0.15) is 13.2 Å². The first-order valence-electron chi connectivity index (χ1n) is 9.20. The van der Waals surface area contributed by atoms with E-state index < -0.39 is 11.7 Å². The van der Waals surface area contributed by atoms with Gasteiger partial charge >= 0.3 is 12.2 Å². The predicted molar refractivity (Wildman–Crippen MR) is 96.0 cm³/mol. The average molecular weight is 385 g/mol. The summed E-state index contributed by atoms with van der Waals surface area (Å²) >= 11 is 0. The molecule has 1 fully saturated rings. The number of hydrogen-bond donors (Lipinski definition) is 1. The number of amides is 3. The maximum Gasteiger partial charge on any atom is 0.416 e. The van der Waals surface area contributed by atoms with Crippen molar-refractivity contribution in [3.05, 3.63) is 35.4 Å². The minimum atomic E-state index is -4.36. The Morgan fingerprint density at radius 1 is 1.19 bits per heavy atom. The van der Waals surface area contributed by atoms with Crippen LogP contribution in [0, 0.1) is 0 Å². The van der Waals surface area contributed by atoms with Crippen LogP contribution in [0.15, 0.2) is 24.3 Å². The monoisotopic (exact) mass is 385 g/mol. The van der Waals surface area contributed by atoms with Gasteiger partial charge in [-0.25, -0.2) is 4.79 Å². The fourth-order valence-electron chi connectivity index (χ4n) is 3.02. The van der Waals surface area contributed by atoms with E-state index in [0.29, 0.717) is 31.5 Å². The van der Waals surface area contributed by atoms with Gasteiger partial charge in [0.2, 0.25) is 5.91 Å². The van der Waals surface area contributed by atoms with Gasteiger partial charge in [-0.15, -0.1) is 0 Å². The minimum absolute atomic E-state index is 0.179. The van der Waals surface area contributed by atoms with Gasteiger partial charge in [-0.05, 0) is 37.0 Å². The van der Waals surface area contributed by atoms with Gasteiger partial charge in [0.05, 0.1) is 5.56 Å². The third-order valence-electron chi connectivity index (χ3n) is 4.60. The molecule has 1 aliphatic heterocycles. The molecule has 8 heteroatoms. The highest BCUT2D eigenvalue weighted by molar-refractivity contribution is 5.76. The van der Waals surface area contributed by atoms with Crippen molar-refractivity contribution >= 4 is 11.9 Å². The molecule has 0 aliphatic carbocycles. The summed E-state index contributed by atoms with van der Waals surface area (Å²) in [6.07, 6.45) is -0.0487. The number of urea groups is 1. The predicted octanol–water partition coefficient (Wildman–Crippen LogP) is 3.64. The molecule has 0 bridgehead atoms. The lowest BCUT2D eigenvalue weighted by molar-refractivity contribution is -0.137. The molecule has 5 nitrogen and oxygen atoms in total. The van der Waals surface area contributed by atoms with Crippen molar-refractivity contribution in [3.63, 3.8) is 0 Å². The molecule has 1 aromatic rings. The first-order valence-corrected chi connectivity index (χ1v) is 9.20. The Kier molecular flexibility index (Phi) is 7.50. The molecule has 0 unspecified atom stereocenters. The Balaban J connectivity index is 1.71. The molecule has 150 valence electrons. The molecule has 3 amide bonds. The maximum absolute atomic E-state index is 12.6. The van der Waals surface area contributed by atoms with E-state index >= 15 is 0 Å². The Morgan fingerprint density at radius 3 is 2.56 bits per heavy atom. The lowest BCUT2D eigenvalue weighted by atomic mass is 10.1. The first kappa shape index (κ1) is 21.1. The number of benzene rings is 1. The Morgan fingerprint density at radius 2 is 1.89 bits per heavy atom. The summed E-state index contributed by atoms with van der Waals surface area (Å²) < 4.78 is 37.7. The van der Waals surface area contributed by atoms with E-state index in [1.807, 2.05) is 4.90 Å². The van der Waals surface area contributed by atoms with E-state index in [4.69, 9.17) is 0 Å². The van der Waals surface area contributed by atoms with E-state index in [1.165, 1.54) is 17.0 Å². The van der Waals surface area contributed by atoms with Crippen LogP contribution in [-0.4, -0.2) is 48.4 Å². The fourth-order valence-corrected chi connectivity index (χ4v) is 3.02. The van der Waals surface area contributed by atoms with Crippen molar-refractivity contribution in [2.45, 2.75) is 44.8 Å². The van der Waals surface area contributed by atoms with Gasteiger partial charge in [-0.3, -0.25) is 4.79 Å². The number of hydrogen-bond acceptors (Lipinski definition) is 2. The van der Waals surface area contributed by atoms with Crippen molar-refractivity contribution in [2.75, 3.05) is 26.7 Å². The molecular weight excluding hydrogens is 359 g/mol. The second kappa shape index (κ2) is 9.62. The molecule has 0 spiro atoms. The van der Waals surface area contributed by atoms with Crippen LogP contribution in [0.1, 0.15) is 43.2 Å². The van der Waals surface area contributed by atoms with Crippen LogP contribution in [0.25, 0.3) is 0 Å². The molecule has 1 saturated heterocycles. The number of carbonyl (C=O) groups excluding carboxylic acids is 2. The fraction of sp³-hybridized carbons (Fsp3) is 0.579. The van der Waals surface area contributed by atoms with E-state index in [-0.39, 0.29) is 18.5 Å². The summed E-state index contributed by atoms with van der Waals surface area (Å²) in [5.41, 5.74) is -0.0859. The number of likely N-dealkylation sites (tertiary alicyclic amines) is 1. The topological polar surface area (TPSA) is 52.7 Å². The van der Waals surface area contributed by atoms with Crippen LogP contribution in [-0.2, 0) is 17.5 Å². The molecule has 1 aromatic carbocycles. The van der Waals surface area contributed by atoms with Gasteiger partial charge in [-0.1, -0.05) is 18.6 Å². The van der Waals surface area contributed by atoms with Crippen LogP contribution >= 0.6 is 0 Å². The molecule has 2 rings (SSSR count). The molecular formula is C19H26F3N3O2. The molecule has 1 N–H and O–H groups in total. The molecule has 0 saturated carbocycles. The largest absolute Gasteiger partial charge is 0.416 e.